The zero-order valence-electron chi connectivity index (χ0n) is 14.4. The quantitative estimate of drug-likeness (QED) is 0.841. The Labute approximate surface area is 147 Å². The lowest BCUT2D eigenvalue weighted by Gasteiger charge is -2.40. The summed E-state index contributed by atoms with van der Waals surface area (Å²) in [6, 6.07) is 2.98. The normalized spacial score (nSPS) is 25.0. The fourth-order valence-corrected chi connectivity index (χ4v) is 3.56. The highest BCUT2D eigenvalue weighted by Crippen LogP contribution is 2.25. The number of amides is 1. The zero-order valence-corrected chi connectivity index (χ0v) is 14.4. The molecule has 0 radical (unpaired) electrons. The van der Waals surface area contributed by atoms with Gasteiger partial charge in [-0.1, -0.05) is 0 Å². The fraction of sp³-hybridized carbons (Fsp3) is 0.667. The van der Waals surface area contributed by atoms with Gasteiger partial charge in [0, 0.05) is 39.3 Å². The van der Waals surface area contributed by atoms with Gasteiger partial charge in [0.1, 0.15) is 11.6 Å². The zero-order chi connectivity index (χ0) is 17.7. The SMILES string of the molecule is O=C(CC1CCOCC1)NC[C@@]1(O)CCCN(c2ccc(F)cn2)C1. The monoisotopic (exact) mass is 351 g/mol. The molecule has 138 valence electrons. The molecule has 3 rings (SSSR count). The number of hydrogen-bond donors (Lipinski definition) is 2. The number of carbonyl (C=O) groups excluding carboxylic acids is 1. The molecule has 0 aromatic carbocycles. The molecule has 0 bridgehead atoms. The summed E-state index contributed by atoms with van der Waals surface area (Å²) in [7, 11) is 0. The van der Waals surface area contributed by atoms with E-state index < -0.39 is 5.60 Å². The van der Waals surface area contributed by atoms with E-state index in [4.69, 9.17) is 4.74 Å². The second kappa shape index (κ2) is 8.10. The van der Waals surface area contributed by atoms with Crippen LogP contribution in [0.4, 0.5) is 10.2 Å². The van der Waals surface area contributed by atoms with Crippen LogP contribution in [0.15, 0.2) is 18.3 Å². The summed E-state index contributed by atoms with van der Waals surface area (Å²) in [5.74, 6) is 0.622. The number of hydrogen-bond acceptors (Lipinski definition) is 5. The summed E-state index contributed by atoms with van der Waals surface area (Å²) < 4.78 is 18.3. The van der Waals surface area contributed by atoms with Crippen LogP contribution >= 0.6 is 0 Å². The standard InChI is InChI=1S/C18H26FN3O3/c19-15-2-3-16(20-11-15)22-7-1-6-18(24,13-22)12-21-17(23)10-14-4-8-25-9-5-14/h2-3,11,14,24H,1,4-10,12-13H2,(H,21,23)/t18-/m0/s1. The molecule has 2 aliphatic heterocycles. The molecule has 6 nitrogen and oxygen atoms in total. The number of nitrogens with zero attached hydrogens (tertiary/aromatic N) is 2. The molecule has 2 saturated heterocycles. The molecule has 3 heterocycles. The number of nitrogens with one attached hydrogen (secondary N) is 1. The largest absolute Gasteiger partial charge is 0.386 e. The van der Waals surface area contributed by atoms with E-state index in [1.807, 2.05) is 4.90 Å². The third kappa shape index (κ3) is 5.12. The molecule has 0 aliphatic carbocycles. The second-order valence-electron chi connectivity index (χ2n) is 7.12. The number of aromatic nitrogens is 1. The number of piperidine rings is 1. The molecule has 2 N–H and O–H groups in total. The maximum atomic E-state index is 13.0. The van der Waals surface area contributed by atoms with Crippen LogP contribution in [0.2, 0.25) is 0 Å². The Morgan fingerprint density at radius 3 is 2.96 bits per heavy atom. The predicted molar refractivity (Wildman–Crippen MR) is 91.8 cm³/mol. The summed E-state index contributed by atoms with van der Waals surface area (Å²) in [5, 5.41) is 13.7. The predicted octanol–water partition coefficient (Wildman–Crippen LogP) is 1.48. The highest BCUT2D eigenvalue weighted by molar-refractivity contribution is 5.76. The molecule has 0 spiro atoms. The Kier molecular flexibility index (Phi) is 5.86. The topological polar surface area (TPSA) is 74.7 Å². The third-order valence-electron chi connectivity index (χ3n) is 5.02. The van der Waals surface area contributed by atoms with E-state index in [2.05, 4.69) is 10.3 Å². The minimum Gasteiger partial charge on any atom is -0.386 e. The summed E-state index contributed by atoms with van der Waals surface area (Å²) >= 11 is 0. The molecular formula is C18H26FN3O3. The van der Waals surface area contributed by atoms with Gasteiger partial charge in [0.05, 0.1) is 11.8 Å². The fourth-order valence-electron chi connectivity index (χ4n) is 3.56. The minimum atomic E-state index is -0.986. The highest BCUT2D eigenvalue weighted by atomic mass is 19.1. The van der Waals surface area contributed by atoms with E-state index >= 15 is 0 Å². The minimum absolute atomic E-state index is 0.0163. The third-order valence-corrected chi connectivity index (χ3v) is 5.02. The summed E-state index contributed by atoms with van der Waals surface area (Å²) in [6.07, 6.45) is 4.93. The number of β-amino-alcohol motifs (C(OH)–C–C–N with tert-alkyl or cyclic N) is 1. The first-order chi connectivity index (χ1) is 12.0. The van der Waals surface area contributed by atoms with Crippen molar-refractivity contribution in [1.82, 2.24) is 10.3 Å². The van der Waals surface area contributed by atoms with E-state index in [1.165, 1.54) is 12.3 Å². The van der Waals surface area contributed by atoms with Crippen molar-refractivity contribution < 1.29 is 19.0 Å². The van der Waals surface area contributed by atoms with Crippen LogP contribution in [0.25, 0.3) is 0 Å². The maximum Gasteiger partial charge on any atom is 0.220 e. The molecule has 1 aromatic heterocycles. The molecule has 1 amide bonds. The van der Waals surface area contributed by atoms with Crippen LogP contribution in [-0.2, 0) is 9.53 Å². The number of ether oxygens (including phenoxy) is 1. The molecule has 2 aliphatic rings. The van der Waals surface area contributed by atoms with Gasteiger partial charge in [-0.3, -0.25) is 4.79 Å². The van der Waals surface area contributed by atoms with Gasteiger partial charge < -0.3 is 20.1 Å². The van der Waals surface area contributed by atoms with Crippen molar-refractivity contribution in [2.24, 2.45) is 5.92 Å². The number of carbonyl (C=O) groups is 1. The molecule has 1 aromatic rings. The van der Waals surface area contributed by atoms with Gasteiger partial charge in [-0.25, -0.2) is 9.37 Å². The van der Waals surface area contributed by atoms with Gasteiger partial charge in [0.15, 0.2) is 0 Å². The molecule has 0 unspecified atom stereocenters. The Morgan fingerprint density at radius 1 is 1.44 bits per heavy atom. The van der Waals surface area contributed by atoms with E-state index in [0.717, 1.165) is 39.0 Å². The van der Waals surface area contributed by atoms with Crippen LogP contribution in [0, 0.1) is 11.7 Å². The first kappa shape index (κ1) is 18.1. The molecule has 0 saturated carbocycles. The Morgan fingerprint density at radius 2 is 2.24 bits per heavy atom. The number of pyridine rings is 1. The van der Waals surface area contributed by atoms with Crippen molar-refractivity contribution >= 4 is 11.7 Å². The van der Waals surface area contributed by atoms with Gasteiger partial charge >= 0.3 is 0 Å². The smallest absolute Gasteiger partial charge is 0.220 e. The molecule has 1 atom stereocenters. The molecule has 25 heavy (non-hydrogen) atoms. The molecule has 7 heteroatoms. The number of rotatable bonds is 5. The lowest BCUT2D eigenvalue weighted by Crippen LogP contribution is -2.54. The summed E-state index contributed by atoms with van der Waals surface area (Å²) in [4.78, 5) is 18.2. The van der Waals surface area contributed by atoms with Gasteiger partial charge in [0.2, 0.25) is 5.91 Å². The summed E-state index contributed by atoms with van der Waals surface area (Å²) in [6.45, 7) is 2.82. The van der Waals surface area contributed by atoms with Crippen LogP contribution in [0.5, 0.6) is 0 Å². The van der Waals surface area contributed by atoms with Crippen molar-refractivity contribution in [3.05, 3.63) is 24.1 Å². The van der Waals surface area contributed by atoms with Crippen molar-refractivity contribution in [3.63, 3.8) is 0 Å². The van der Waals surface area contributed by atoms with Gasteiger partial charge in [-0.05, 0) is 43.7 Å². The average Bonchev–Trinajstić information content (AvgIpc) is 2.62. The van der Waals surface area contributed by atoms with Gasteiger partial charge in [-0.2, -0.15) is 0 Å². The van der Waals surface area contributed by atoms with Crippen molar-refractivity contribution in [2.75, 3.05) is 37.7 Å². The van der Waals surface area contributed by atoms with E-state index in [0.29, 0.717) is 31.1 Å². The van der Waals surface area contributed by atoms with Crippen LogP contribution < -0.4 is 10.2 Å². The molecule has 2 fully saturated rings. The lowest BCUT2D eigenvalue weighted by atomic mass is 9.92. The van der Waals surface area contributed by atoms with Gasteiger partial charge in [-0.15, -0.1) is 0 Å². The first-order valence-corrected chi connectivity index (χ1v) is 8.97. The Bertz CT molecular complexity index is 577. The highest BCUT2D eigenvalue weighted by Gasteiger charge is 2.34. The van der Waals surface area contributed by atoms with Crippen LogP contribution in [0.3, 0.4) is 0 Å². The number of aliphatic hydroxyl groups is 1. The van der Waals surface area contributed by atoms with E-state index in [-0.39, 0.29) is 18.3 Å². The van der Waals surface area contributed by atoms with Crippen molar-refractivity contribution in [1.29, 1.82) is 0 Å². The maximum absolute atomic E-state index is 13.0. The average molecular weight is 351 g/mol. The Hall–Kier alpha value is -1.73. The number of halogens is 1. The second-order valence-corrected chi connectivity index (χ2v) is 7.12. The van der Waals surface area contributed by atoms with Gasteiger partial charge in [0.25, 0.3) is 0 Å². The first-order valence-electron chi connectivity index (χ1n) is 8.97. The van der Waals surface area contributed by atoms with E-state index in [9.17, 15) is 14.3 Å². The van der Waals surface area contributed by atoms with E-state index in [1.54, 1.807) is 6.07 Å². The van der Waals surface area contributed by atoms with Crippen molar-refractivity contribution in [3.8, 4) is 0 Å². The van der Waals surface area contributed by atoms with Crippen molar-refractivity contribution in [2.45, 2.75) is 37.7 Å². The molecular weight excluding hydrogens is 325 g/mol. The Balaban J connectivity index is 1.50. The summed E-state index contributed by atoms with van der Waals surface area (Å²) in [5.41, 5.74) is -0.986. The number of anilines is 1. The lowest BCUT2D eigenvalue weighted by molar-refractivity contribution is -0.124. The van der Waals surface area contributed by atoms with Crippen LogP contribution in [-0.4, -0.2) is 54.4 Å². The van der Waals surface area contributed by atoms with Crippen LogP contribution in [0.1, 0.15) is 32.1 Å².